The van der Waals surface area contributed by atoms with E-state index >= 15 is 0 Å². The Labute approximate surface area is 115 Å². The van der Waals surface area contributed by atoms with Gasteiger partial charge in [0.1, 0.15) is 0 Å². The molecule has 0 aromatic heterocycles. The fourth-order valence-electron chi connectivity index (χ4n) is 2.11. The topological polar surface area (TPSA) is 63.4 Å². The van der Waals surface area contributed by atoms with E-state index in [2.05, 4.69) is 0 Å². The quantitative estimate of drug-likeness (QED) is 0.843. The SMILES string of the molecule is Cc1cc(S(=O)(=O)N(CC(C)C)C2CC2)ccc1N. The Morgan fingerprint density at radius 3 is 2.47 bits per heavy atom. The summed E-state index contributed by atoms with van der Waals surface area (Å²) in [6.45, 7) is 6.49. The van der Waals surface area contributed by atoms with E-state index in [4.69, 9.17) is 5.73 Å². The summed E-state index contributed by atoms with van der Waals surface area (Å²) in [5, 5.41) is 0. The molecule has 0 bridgehead atoms. The summed E-state index contributed by atoms with van der Waals surface area (Å²) >= 11 is 0. The van der Waals surface area contributed by atoms with Crippen LogP contribution in [0.4, 0.5) is 5.69 Å². The molecule has 0 spiro atoms. The Kier molecular flexibility index (Phi) is 3.87. The molecule has 5 heteroatoms. The van der Waals surface area contributed by atoms with Gasteiger partial charge in [-0.3, -0.25) is 0 Å². The molecular weight excluding hydrogens is 260 g/mol. The highest BCUT2D eigenvalue weighted by molar-refractivity contribution is 7.89. The zero-order valence-electron chi connectivity index (χ0n) is 11.8. The number of nitrogen functional groups attached to an aromatic ring is 1. The van der Waals surface area contributed by atoms with Crippen LogP contribution in [0.2, 0.25) is 0 Å². The summed E-state index contributed by atoms with van der Waals surface area (Å²) in [5.74, 6) is 0.324. The Morgan fingerprint density at radius 1 is 1.37 bits per heavy atom. The van der Waals surface area contributed by atoms with Gasteiger partial charge in [-0.15, -0.1) is 0 Å². The van der Waals surface area contributed by atoms with Crippen molar-refractivity contribution in [1.82, 2.24) is 4.31 Å². The first kappa shape index (κ1) is 14.3. The Morgan fingerprint density at radius 2 is 2.00 bits per heavy atom. The first-order valence-corrected chi connectivity index (χ1v) is 8.14. The maximum Gasteiger partial charge on any atom is 0.243 e. The fraction of sp³-hybridized carbons (Fsp3) is 0.571. The highest BCUT2D eigenvalue weighted by atomic mass is 32.2. The van der Waals surface area contributed by atoms with Crippen LogP contribution >= 0.6 is 0 Å². The number of hydrogen-bond donors (Lipinski definition) is 1. The molecule has 1 saturated carbocycles. The van der Waals surface area contributed by atoms with E-state index in [0.29, 0.717) is 23.0 Å². The van der Waals surface area contributed by atoms with Crippen molar-refractivity contribution in [3.63, 3.8) is 0 Å². The lowest BCUT2D eigenvalue weighted by atomic mass is 10.2. The van der Waals surface area contributed by atoms with Gasteiger partial charge in [-0.1, -0.05) is 13.8 Å². The summed E-state index contributed by atoms with van der Waals surface area (Å²) in [4.78, 5) is 0.353. The number of sulfonamides is 1. The molecule has 19 heavy (non-hydrogen) atoms. The number of nitrogens with two attached hydrogens (primary N) is 1. The maximum atomic E-state index is 12.7. The van der Waals surface area contributed by atoms with Gasteiger partial charge in [-0.05, 0) is 49.4 Å². The molecule has 0 unspecified atom stereocenters. The molecule has 2 N–H and O–H groups in total. The molecule has 0 amide bonds. The molecule has 1 aromatic rings. The fourth-order valence-corrected chi connectivity index (χ4v) is 4.04. The van der Waals surface area contributed by atoms with Crippen LogP contribution in [0.1, 0.15) is 32.3 Å². The second kappa shape index (κ2) is 5.13. The lowest BCUT2D eigenvalue weighted by Gasteiger charge is -2.24. The summed E-state index contributed by atoms with van der Waals surface area (Å²) in [6.07, 6.45) is 1.94. The summed E-state index contributed by atoms with van der Waals surface area (Å²) in [6, 6.07) is 5.13. The average Bonchev–Trinajstić information content (AvgIpc) is 3.13. The van der Waals surface area contributed by atoms with Crippen LogP contribution in [0, 0.1) is 12.8 Å². The second-order valence-electron chi connectivity index (χ2n) is 5.72. The lowest BCUT2D eigenvalue weighted by Crippen LogP contribution is -2.36. The van der Waals surface area contributed by atoms with E-state index in [1.807, 2.05) is 20.8 Å². The number of nitrogens with zero attached hydrogens (tertiary/aromatic N) is 1. The number of anilines is 1. The van der Waals surface area contributed by atoms with Gasteiger partial charge in [-0.2, -0.15) is 4.31 Å². The van der Waals surface area contributed by atoms with Crippen LogP contribution in [0.3, 0.4) is 0 Å². The van der Waals surface area contributed by atoms with Gasteiger partial charge in [0.15, 0.2) is 0 Å². The van der Waals surface area contributed by atoms with Crippen LogP contribution in [0.5, 0.6) is 0 Å². The molecule has 1 aliphatic carbocycles. The number of hydrogen-bond acceptors (Lipinski definition) is 3. The maximum absolute atomic E-state index is 12.7. The first-order valence-electron chi connectivity index (χ1n) is 6.70. The molecule has 4 nitrogen and oxygen atoms in total. The third-order valence-electron chi connectivity index (χ3n) is 3.35. The molecule has 106 valence electrons. The molecular formula is C14H22N2O2S. The van der Waals surface area contributed by atoms with Gasteiger partial charge in [0.25, 0.3) is 0 Å². The molecule has 1 aromatic carbocycles. The molecule has 1 aliphatic rings. The third kappa shape index (κ3) is 3.09. The monoisotopic (exact) mass is 282 g/mol. The van der Waals surface area contributed by atoms with Crippen molar-refractivity contribution in [2.24, 2.45) is 5.92 Å². The van der Waals surface area contributed by atoms with Crippen LogP contribution in [0.25, 0.3) is 0 Å². The van der Waals surface area contributed by atoms with E-state index in [1.165, 1.54) is 0 Å². The standard InChI is InChI=1S/C14H22N2O2S/c1-10(2)9-16(12-4-5-12)19(17,18)13-6-7-14(15)11(3)8-13/h6-8,10,12H,4-5,9,15H2,1-3H3. The van der Waals surface area contributed by atoms with Crippen LogP contribution < -0.4 is 5.73 Å². The molecule has 0 radical (unpaired) electrons. The Hall–Kier alpha value is -1.07. The zero-order chi connectivity index (χ0) is 14.2. The predicted molar refractivity (Wildman–Crippen MR) is 77.3 cm³/mol. The number of benzene rings is 1. The summed E-state index contributed by atoms with van der Waals surface area (Å²) in [7, 11) is -3.39. The van der Waals surface area contributed by atoms with Crippen molar-refractivity contribution < 1.29 is 8.42 Å². The van der Waals surface area contributed by atoms with Crippen LogP contribution in [-0.4, -0.2) is 25.3 Å². The van der Waals surface area contributed by atoms with Gasteiger partial charge in [0, 0.05) is 18.3 Å². The second-order valence-corrected chi connectivity index (χ2v) is 7.61. The van der Waals surface area contributed by atoms with Crippen LogP contribution in [0.15, 0.2) is 23.1 Å². The van der Waals surface area contributed by atoms with Gasteiger partial charge in [0.05, 0.1) is 4.90 Å². The Balaban J connectivity index is 2.35. The molecule has 1 fully saturated rings. The van der Waals surface area contributed by atoms with Gasteiger partial charge >= 0.3 is 0 Å². The molecule has 2 rings (SSSR count). The van der Waals surface area contributed by atoms with E-state index in [0.717, 1.165) is 18.4 Å². The minimum absolute atomic E-state index is 0.185. The minimum atomic E-state index is -3.39. The number of rotatable bonds is 5. The lowest BCUT2D eigenvalue weighted by molar-refractivity contribution is 0.360. The normalized spacial score (nSPS) is 16.3. The first-order chi connectivity index (χ1) is 8.82. The van der Waals surface area contributed by atoms with Crippen LogP contribution in [-0.2, 0) is 10.0 Å². The molecule has 0 atom stereocenters. The van der Waals surface area contributed by atoms with Gasteiger partial charge < -0.3 is 5.73 Å². The molecule has 0 saturated heterocycles. The third-order valence-corrected chi connectivity index (χ3v) is 5.26. The zero-order valence-corrected chi connectivity index (χ0v) is 12.6. The highest BCUT2D eigenvalue weighted by Crippen LogP contribution is 2.33. The smallest absolute Gasteiger partial charge is 0.243 e. The van der Waals surface area contributed by atoms with Crippen molar-refractivity contribution in [2.75, 3.05) is 12.3 Å². The van der Waals surface area contributed by atoms with Crippen molar-refractivity contribution in [1.29, 1.82) is 0 Å². The summed E-state index contributed by atoms with van der Waals surface area (Å²) < 4.78 is 27.1. The minimum Gasteiger partial charge on any atom is -0.399 e. The van der Waals surface area contributed by atoms with Crippen molar-refractivity contribution >= 4 is 15.7 Å². The van der Waals surface area contributed by atoms with Crippen molar-refractivity contribution in [3.05, 3.63) is 23.8 Å². The van der Waals surface area contributed by atoms with E-state index in [9.17, 15) is 8.42 Å². The average molecular weight is 282 g/mol. The molecule has 0 aliphatic heterocycles. The van der Waals surface area contributed by atoms with E-state index in [1.54, 1.807) is 22.5 Å². The van der Waals surface area contributed by atoms with E-state index < -0.39 is 10.0 Å². The Bertz CT molecular complexity index is 563. The number of aryl methyl sites for hydroxylation is 1. The highest BCUT2D eigenvalue weighted by Gasteiger charge is 2.38. The van der Waals surface area contributed by atoms with Crippen molar-refractivity contribution in [2.45, 2.75) is 44.6 Å². The largest absolute Gasteiger partial charge is 0.399 e. The van der Waals surface area contributed by atoms with Gasteiger partial charge in [-0.25, -0.2) is 8.42 Å². The van der Waals surface area contributed by atoms with Gasteiger partial charge in [0.2, 0.25) is 10.0 Å². The molecule has 0 heterocycles. The predicted octanol–water partition coefficient (Wildman–Crippen LogP) is 2.39. The van der Waals surface area contributed by atoms with E-state index in [-0.39, 0.29) is 6.04 Å². The van der Waals surface area contributed by atoms with Crippen molar-refractivity contribution in [3.8, 4) is 0 Å². The summed E-state index contributed by atoms with van der Waals surface area (Å²) in [5.41, 5.74) is 7.19.